The van der Waals surface area contributed by atoms with Gasteiger partial charge in [-0.05, 0) is 26.7 Å². The molecule has 4 N–H and O–H groups in total. The monoisotopic (exact) mass is 308 g/mol. The second kappa shape index (κ2) is 9.02. The van der Waals surface area contributed by atoms with E-state index in [9.17, 15) is 0 Å². The molecule has 21 heavy (non-hydrogen) atoms. The minimum atomic E-state index is -0.667. The lowest BCUT2D eigenvalue weighted by molar-refractivity contribution is -0.290. The van der Waals surface area contributed by atoms with Gasteiger partial charge in [0.05, 0.1) is 39.6 Å². The Morgan fingerprint density at radius 1 is 0.905 bits per heavy atom. The van der Waals surface area contributed by atoms with E-state index < -0.39 is 11.2 Å². The first-order valence-electron chi connectivity index (χ1n) is 7.49. The second-order valence-corrected chi connectivity index (χ2v) is 6.32. The number of hydrogen-bond donors (Lipinski definition) is 4. The van der Waals surface area contributed by atoms with Crippen LogP contribution in [0.3, 0.4) is 0 Å². The Hall–Kier alpha value is -0.240. The maximum atomic E-state index is 9.15. The summed E-state index contributed by atoms with van der Waals surface area (Å²) in [6.45, 7) is 8.50. The van der Waals surface area contributed by atoms with Gasteiger partial charge in [-0.3, -0.25) is 0 Å². The van der Waals surface area contributed by atoms with Crippen molar-refractivity contribution in [3.63, 3.8) is 0 Å². The summed E-state index contributed by atoms with van der Waals surface area (Å²) in [4.78, 5) is 0. The summed E-state index contributed by atoms with van der Waals surface area (Å²) in [5.41, 5.74) is -0.838. The lowest BCUT2D eigenvalue weighted by Gasteiger charge is -2.42. The Balaban J connectivity index is 0.000000400. The standard InChI is InChI=1S/C9H18O3.C6H14O3/c1-4-9(5-10)6-11-8(2,3)12-7-9;1-2-6(3-7,4-8)5-9/h10H,4-7H2,1-3H3;7-9H,2-5H2,1H3. The minimum absolute atomic E-state index is 0.138. The zero-order valence-electron chi connectivity index (χ0n) is 13.8. The predicted octanol–water partition coefficient (Wildman–Crippen LogP) is 0.518. The van der Waals surface area contributed by atoms with Gasteiger partial charge in [-0.25, -0.2) is 0 Å². The average molecular weight is 308 g/mol. The summed E-state index contributed by atoms with van der Waals surface area (Å²) in [6.07, 6.45) is 1.48. The van der Waals surface area contributed by atoms with Crippen LogP contribution in [0.15, 0.2) is 0 Å². The molecule has 1 heterocycles. The molecule has 1 aliphatic rings. The van der Waals surface area contributed by atoms with Gasteiger partial charge in [-0.1, -0.05) is 13.8 Å². The first-order valence-corrected chi connectivity index (χ1v) is 7.49. The lowest BCUT2D eigenvalue weighted by atomic mass is 9.87. The highest BCUT2D eigenvalue weighted by Crippen LogP contribution is 2.31. The SMILES string of the molecule is CCC(CO)(CO)CO.CCC1(CO)COC(C)(C)OC1. The zero-order valence-corrected chi connectivity index (χ0v) is 13.8. The fourth-order valence-electron chi connectivity index (χ4n) is 1.63. The highest BCUT2D eigenvalue weighted by atomic mass is 16.7. The highest BCUT2D eigenvalue weighted by molar-refractivity contribution is 4.81. The molecule has 0 spiro atoms. The minimum Gasteiger partial charge on any atom is -0.396 e. The number of rotatable bonds is 6. The third-order valence-electron chi connectivity index (χ3n) is 4.29. The molecule has 0 aromatic carbocycles. The van der Waals surface area contributed by atoms with Crippen molar-refractivity contribution in [3.8, 4) is 0 Å². The van der Waals surface area contributed by atoms with Crippen molar-refractivity contribution in [3.05, 3.63) is 0 Å². The highest BCUT2D eigenvalue weighted by Gasteiger charge is 2.38. The molecule has 1 saturated heterocycles. The summed E-state index contributed by atoms with van der Waals surface area (Å²) < 4.78 is 11.0. The van der Waals surface area contributed by atoms with Crippen LogP contribution in [0.1, 0.15) is 40.5 Å². The number of aliphatic hydroxyl groups is 4. The molecule has 0 atom stereocenters. The van der Waals surface area contributed by atoms with E-state index in [-0.39, 0.29) is 31.8 Å². The smallest absolute Gasteiger partial charge is 0.162 e. The van der Waals surface area contributed by atoms with Crippen molar-refractivity contribution >= 4 is 0 Å². The Kier molecular flexibility index (Phi) is 8.92. The normalized spacial score (nSPS) is 20.6. The Labute approximate surface area is 127 Å². The maximum Gasteiger partial charge on any atom is 0.162 e. The summed E-state index contributed by atoms with van der Waals surface area (Å²) in [6, 6.07) is 0. The van der Waals surface area contributed by atoms with Gasteiger partial charge in [0.15, 0.2) is 5.79 Å². The molecule has 0 amide bonds. The topological polar surface area (TPSA) is 99.4 Å². The Morgan fingerprint density at radius 2 is 1.33 bits per heavy atom. The third kappa shape index (κ3) is 6.18. The van der Waals surface area contributed by atoms with Crippen LogP contribution in [-0.4, -0.2) is 65.9 Å². The molecule has 0 unspecified atom stereocenters. The molecule has 6 heteroatoms. The van der Waals surface area contributed by atoms with E-state index in [1.807, 2.05) is 27.7 Å². The van der Waals surface area contributed by atoms with Crippen LogP contribution in [0.4, 0.5) is 0 Å². The third-order valence-corrected chi connectivity index (χ3v) is 4.29. The van der Waals surface area contributed by atoms with Crippen molar-refractivity contribution in [1.29, 1.82) is 0 Å². The molecule has 0 radical (unpaired) electrons. The van der Waals surface area contributed by atoms with Gasteiger partial charge in [0.25, 0.3) is 0 Å². The van der Waals surface area contributed by atoms with Gasteiger partial charge >= 0.3 is 0 Å². The van der Waals surface area contributed by atoms with Crippen LogP contribution in [-0.2, 0) is 9.47 Å². The summed E-state index contributed by atoms with van der Waals surface area (Å²) in [7, 11) is 0. The van der Waals surface area contributed by atoms with Crippen LogP contribution in [0.25, 0.3) is 0 Å². The van der Waals surface area contributed by atoms with Gasteiger partial charge in [-0.15, -0.1) is 0 Å². The van der Waals surface area contributed by atoms with Crippen LogP contribution < -0.4 is 0 Å². The number of aliphatic hydroxyl groups excluding tert-OH is 4. The molecule has 0 saturated carbocycles. The largest absolute Gasteiger partial charge is 0.396 e. The molecular formula is C15H32O6. The fourth-order valence-corrected chi connectivity index (χ4v) is 1.63. The van der Waals surface area contributed by atoms with Gasteiger partial charge in [-0.2, -0.15) is 0 Å². The molecule has 1 aliphatic heterocycles. The second-order valence-electron chi connectivity index (χ2n) is 6.32. The van der Waals surface area contributed by atoms with Crippen LogP contribution in [0, 0.1) is 10.8 Å². The molecule has 1 rings (SSSR count). The van der Waals surface area contributed by atoms with E-state index >= 15 is 0 Å². The predicted molar refractivity (Wildman–Crippen MR) is 79.8 cm³/mol. The van der Waals surface area contributed by atoms with Crippen LogP contribution >= 0.6 is 0 Å². The summed E-state index contributed by atoms with van der Waals surface area (Å²) in [5, 5.41) is 35.1. The molecule has 1 fully saturated rings. The van der Waals surface area contributed by atoms with Gasteiger partial charge in [0.1, 0.15) is 0 Å². The molecule has 0 bridgehead atoms. The van der Waals surface area contributed by atoms with Crippen molar-refractivity contribution in [1.82, 2.24) is 0 Å². The first-order chi connectivity index (χ1) is 9.78. The van der Waals surface area contributed by atoms with E-state index in [4.69, 9.17) is 29.9 Å². The zero-order chi connectivity index (χ0) is 16.6. The van der Waals surface area contributed by atoms with Crippen LogP contribution in [0.5, 0.6) is 0 Å². The van der Waals surface area contributed by atoms with E-state index in [1.54, 1.807) is 0 Å². The van der Waals surface area contributed by atoms with Gasteiger partial charge < -0.3 is 29.9 Å². The van der Waals surface area contributed by atoms with E-state index in [0.717, 1.165) is 6.42 Å². The number of ether oxygens (including phenoxy) is 2. The van der Waals surface area contributed by atoms with Gasteiger partial charge in [0.2, 0.25) is 0 Å². The molecule has 0 aliphatic carbocycles. The van der Waals surface area contributed by atoms with E-state index in [0.29, 0.717) is 19.6 Å². The fraction of sp³-hybridized carbons (Fsp3) is 1.00. The quantitative estimate of drug-likeness (QED) is 0.571. The molecule has 0 aromatic rings. The molecular weight excluding hydrogens is 276 g/mol. The van der Waals surface area contributed by atoms with Gasteiger partial charge in [0, 0.05) is 10.8 Å². The average Bonchev–Trinajstić information content (AvgIpc) is 2.52. The van der Waals surface area contributed by atoms with E-state index in [1.165, 1.54) is 0 Å². The Morgan fingerprint density at radius 3 is 1.52 bits per heavy atom. The van der Waals surface area contributed by atoms with Crippen LogP contribution in [0.2, 0.25) is 0 Å². The maximum absolute atomic E-state index is 9.15. The Bertz CT molecular complexity index is 242. The molecule has 128 valence electrons. The molecule has 0 aromatic heterocycles. The lowest BCUT2D eigenvalue weighted by Crippen LogP contribution is -2.48. The molecule has 6 nitrogen and oxygen atoms in total. The van der Waals surface area contributed by atoms with Crippen molar-refractivity contribution in [2.24, 2.45) is 10.8 Å². The number of hydrogen-bond acceptors (Lipinski definition) is 6. The summed E-state index contributed by atoms with van der Waals surface area (Å²) >= 11 is 0. The van der Waals surface area contributed by atoms with E-state index in [2.05, 4.69) is 0 Å². The first kappa shape index (κ1) is 20.8. The summed E-state index contributed by atoms with van der Waals surface area (Å²) in [5.74, 6) is -0.478. The van der Waals surface area contributed by atoms with Crippen molar-refractivity contribution < 1.29 is 29.9 Å². The van der Waals surface area contributed by atoms with Crippen molar-refractivity contribution in [2.45, 2.75) is 46.3 Å². The van der Waals surface area contributed by atoms with Crippen molar-refractivity contribution in [2.75, 3.05) is 39.6 Å².